The van der Waals surface area contributed by atoms with Crippen molar-refractivity contribution in [1.29, 1.82) is 0 Å². The Morgan fingerprint density at radius 3 is 2.81 bits per heavy atom. The van der Waals surface area contributed by atoms with Crippen molar-refractivity contribution >= 4 is 55.4 Å². The van der Waals surface area contributed by atoms with Gasteiger partial charge >= 0.3 is 0 Å². The zero-order chi connectivity index (χ0) is 18.1. The number of fused-ring (bicyclic) bond motifs is 1. The molecule has 0 aliphatic heterocycles. The summed E-state index contributed by atoms with van der Waals surface area (Å²) in [6.07, 6.45) is 0. The minimum atomic E-state index is -0.252. The Hall–Kier alpha value is -2.84. The third-order valence-corrected chi connectivity index (χ3v) is 5.32. The number of pyridine rings is 1. The molecule has 0 radical (unpaired) electrons. The van der Waals surface area contributed by atoms with Crippen LogP contribution in [0.4, 0.5) is 16.6 Å². The van der Waals surface area contributed by atoms with E-state index in [4.69, 9.17) is 0 Å². The largest absolute Gasteiger partial charge is 0.321 e. The van der Waals surface area contributed by atoms with Crippen molar-refractivity contribution in [3.8, 4) is 0 Å². The molecule has 0 atom stereocenters. The molecule has 0 aliphatic rings. The fourth-order valence-corrected chi connectivity index (χ4v) is 3.98. The average molecular weight is 381 g/mol. The Bertz CT molecular complexity index is 1100. The molecule has 4 aromatic rings. The fourth-order valence-electron chi connectivity index (χ4n) is 2.47. The molecule has 0 aliphatic carbocycles. The van der Waals surface area contributed by atoms with Crippen LogP contribution in [0.25, 0.3) is 10.2 Å². The molecule has 3 aromatic heterocycles. The molecule has 1 aromatic carbocycles. The Morgan fingerprint density at radius 1 is 1.08 bits per heavy atom. The van der Waals surface area contributed by atoms with Crippen LogP contribution in [-0.4, -0.2) is 20.9 Å². The number of rotatable bonds is 4. The summed E-state index contributed by atoms with van der Waals surface area (Å²) in [6.45, 7) is 3.89. The molecular weight excluding hydrogens is 366 g/mol. The highest BCUT2D eigenvalue weighted by atomic mass is 32.1. The quantitative estimate of drug-likeness (QED) is 0.533. The maximum atomic E-state index is 12.4. The standard InChI is InChI=1S/C18H15N5OS2/c1-10-4-3-5-16(19-10)23-18-22-14(9-25-18)17(24)21-12-6-7-15-13(8-12)20-11(2)26-15/h3-9H,1-2H3,(H,21,24)(H,19,22,23). The van der Waals surface area contributed by atoms with Crippen LogP contribution in [0.1, 0.15) is 21.2 Å². The van der Waals surface area contributed by atoms with Gasteiger partial charge in [0.2, 0.25) is 0 Å². The second kappa shape index (κ2) is 6.81. The number of nitrogens with zero attached hydrogens (tertiary/aromatic N) is 3. The molecule has 0 fully saturated rings. The maximum Gasteiger partial charge on any atom is 0.275 e. The fraction of sp³-hybridized carbons (Fsp3) is 0.111. The normalized spacial score (nSPS) is 10.8. The van der Waals surface area contributed by atoms with E-state index in [2.05, 4.69) is 25.6 Å². The molecule has 0 bridgehead atoms. The number of anilines is 3. The number of hydrogen-bond donors (Lipinski definition) is 2. The Balaban J connectivity index is 1.48. The van der Waals surface area contributed by atoms with Gasteiger partial charge in [-0.1, -0.05) is 6.07 Å². The zero-order valence-electron chi connectivity index (χ0n) is 14.1. The van der Waals surface area contributed by atoms with E-state index in [0.29, 0.717) is 22.3 Å². The number of carbonyl (C=O) groups is 1. The lowest BCUT2D eigenvalue weighted by Crippen LogP contribution is -2.12. The predicted octanol–water partition coefficient (Wildman–Crippen LogP) is 4.76. The summed E-state index contributed by atoms with van der Waals surface area (Å²) in [5, 5.41) is 9.34. The number of aromatic nitrogens is 3. The molecule has 6 nitrogen and oxygen atoms in total. The first-order chi connectivity index (χ1) is 12.6. The molecule has 130 valence electrons. The summed E-state index contributed by atoms with van der Waals surface area (Å²) >= 11 is 2.99. The van der Waals surface area contributed by atoms with Crippen LogP contribution in [0.15, 0.2) is 41.8 Å². The van der Waals surface area contributed by atoms with Gasteiger partial charge in [-0.15, -0.1) is 22.7 Å². The van der Waals surface area contributed by atoms with E-state index in [-0.39, 0.29) is 5.91 Å². The van der Waals surface area contributed by atoms with Crippen molar-refractivity contribution < 1.29 is 4.79 Å². The first-order valence-corrected chi connectivity index (χ1v) is 9.61. The van der Waals surface area contributed by atoms with Crippen LogP contribution >= 0.6 is 22.7 Å². The number of carbonyl (C=O) groups excluding carboxylic acids is 1. The molecule has 0 saturated carbocycles. The van der Waals surface area contributed by atoms with Gasteiger partial charge in [-0.25, -0.2) is 15.0 Å². The minimum Gasteiger partial charge on any atom is -0.321 e. The number of thiazole rings is 2. The van der Waals surface area contributed by atoms with Crippen LogP contribution in [0.2, 0.25) is 0 Å². The maximum absolute atomic E-state index is 12.4. The van der Waals surface area contributed by atoms with Gasteiger partial charge in [0.05, 0.1) is 15.2 Å². The van der Waals surface area contributed by atoms with Gasteiger partial charge in [0.15, 0.2) is 5.13 Å². The van der Waals surface area contributed by atoms with Gasteiger partial charge in [0.25, 0.3) is 5.91 Å². The van der Waals surface area contributed by atoms with Gasteiger partial charge in [0, 0.05) is 16.8 Å². The third-order valence-electron chi connectivity index (χ3n) is 3.61. The Kier molecular flexibility index (Phi) is 4.36. The molecule has 3 heterocycles. The van der Waals surface area contributed by atoms with Crippen molar-refractivity contribution in [2.45, 2.75) is 13.8 Å². The summed E-state index contributed by atoms with van der Waals surface area (Å²) in [5.41, 5.74) is 2.86. The third kappa shape index (κ3) is 3.56. The lowest BCUT2D eigenvalue weighted by molar-refractivity contribution is 0.102. The lowest BCUT2D eigenvalue weighted by atomic mass is 10.3. The van der Waals surface area contributed by atoms with Crippen LogP contribution in [0.5, 0.6) is 0 Å². The van der Waals surface area contributed by atoms with Gasteiger partial charge in [-0.2, -0.15) is 0 Å². The van der Waals surface area contributed by atoms with Crippen LogP contribution in [0, 0.1) is 13.8 Å². The average Bonchev–Trinajstić information content (AvgIpc) is 3.20. The van der Waals surface area contributed by atoms with E-state index < -0.39 is 0 Å². The molecule has 0 spiro atoms. The van der Waals surface area contributed by atoms with Crippen molar-refractivity contribution in [2.75, 3.05) is 10.6 Å². The molecular formula is C18H15N5OS2. The summed E-state index contributed by atoms with van der Waals surface area (Å²) in [7, 11) is 0. The smallest absolute Gasteiger partial charge is 0.275 e. The van der Waals surface area contributed by atoms with Crippen LogP contribution < -0.4 is 10.6 Å². The van der Waals surface area contributed by atoms with Gasteiger partial charge < -0.3 is 10.6 Å². The van der Waals surface area contributed by atoms with Crippen molar-refractivity contribution in [1.82, 2.24) is 15.0 Å². The lowest BCUT2D eigenvalue weighted by Gasteiger charge is -2.03. The van der Waals surface area contributed by atoms with Gasteiger partial charge in [0.1, 0.15) is 11.5 Å². The van der Waals surface area contributed by atoms with E-state index in [1.807, 2.05) is 50.2 Å². The topological polar surface area (TPSA) is 79.8 Å². The molecule has 1 amide bonds. The highest BCUT2D eigenvalue weighted by molar-refractivity contribution is 7.18. The van der Waals surface area contributed by atoms with E-state index in [9.17, 15) is 4.79 Å². The summed E-state index contributed by atoms with van der Waals surface area (Å²) in [5.74, 6) is 0.452. The second-order valence-electron chi connectivity index (χ2n) is 5.70. The summed E-state index contributed by atoms with van der Waals surface area (Å²) in [6, 6.07) is 11.4. The molecule has 2 N–H and O–H groups in total. The van der Waals surface area contributed by atoms with Gasteiger partial charge in [-0.05, 0) is 44.2 Å². The molecule has 26 heavy (non-hydrogen) atoms. The van der Waals surface area contributed by atoms with Crippen LogP contribution in [-0.2, 0) is 0 Å². The highest BCUT2D eigenvalue weighted by Gasteiger charge is 2.12. The molecule has 0 saturated heterocycles. The minimum absolute atomic E-state index is 0.252. The molecule has 8 heteroatoms. The number of aryl methyl sites for hydroxylation is 2. The van der Waals surface area contributed by atoms with E-state index in [0.717, 1.165) is 20.9 Å². The van der Waals surface area contributed by atoms with Crippen molar-refractivity contribution in [3.63, 3.8) is 0 Å². The van der Waals surface area contributed by atoms with Crippen molar-refractivity contribution in [2.24, 2.45) is 0 Å². The monoisotopic (exact) mass is 381 g/mol. The number of hydrogen-bond acceptors (Lipinski definition) is 7. The van der Waals surface area contributed by atoms with E-state index in [1.165, 1.54) is 11.3 Å². The summed E-state index contributed by atoms with van der Waals surface area (Å²) in [4.78, 5) is 25.6. The summed E-state index contributed by atoms with van der Waals surface area (Å²) < 4.78 is 1.10. The number of nitrogens with one attached hydrogen (secondary N) is 2. The highest BCUT2D eigenvalue weighted by Crippen LogP contribution is 2.25. The molecule has 4 rings (SSSR count). The van der Waals surface area contributed by atoms with Gasteiger partial charge in [-0.3, -0.25) is 4.79 Å². The number of benzene rings is 1. The Labute approximate surface area is 158 Å². The Morgan fingerprint density at radius 2 is 1.96 bits per heavy atom. The second-order valence-corrected chi connectivity index (χ2v) is 7.79. The van der Waals surface area contributed by atoms with Crippen molar-refractivity contribution in [3.05, 3.63) is 58.2 Å². The SMILES string of the molecule is Cc1cccc(Nc2nc(C(=O)Nc3ccc4sc(C)nc4c3)cs2)n1. The van der Waals surface area contributed by atoms with Crippen LogP contribution in [0.3, 0.4) is 0 Å². The zero-order valence-corrected chi connectivity index (χ0v) is 15.7. The predicted molar refractivity (Wildman–Crippen MR) is 107 cm³/mol. The molecule has 0 unspecified atom stereocenters. The van der Waals surface area contributed by atoms with E-state index >= 15 is 0 Å². The first kappa shape index (κ1) is 16.6. The van der Waals surface area contributed by atoms with E-state index in [1.54, 1.807) is 16.7 Å². The number of amides is 1. The first-order valence-electron chi connectivity index (χ1n) is 7.91.